The molecule has 5 heteroatoms. The maximum absolute atomic E-state index is 13.4. The molecule has 0 unspecified atom stereocenters. The summed E-state index contributed by atoms with van der Waals surface area (Å²) in [5.41, 5.74) is 0.0589. The first-order chi connectivity index (χ1) is 8.48. The van der Waals surface area contributed by atoms with E-state index in [4.69, 9.17) is 0 Å². The molecular formula is C13H16Br2FNO. The van der Waals surface area contributed by atoms with Crippen LogP contribution in [0.25, 0.3) is 0 Å². The molecule has 0 radical (unpaired) electrons. The standard InChI is InChI=1S/C13H16Br2FNO/c1-3-13(4-2,8-14)17-12(18)9-5-6-10(15)11(16)7-9/h5-7H,3-4,8H2,1-2H3,(H,17,18). The molecule has 0 spiro atoms. The number of alkyl halides is 1. The molecule has 1 N–H and O–H groups in total. The van der Waals surface area contributed by atoms with E-state index in [2.05, 4.69) is 37.2 Å². The van der Waals surface area contributed by atoms with Gasteiger partial charge in [0.15, 0.2) is 0 Å². The predicted octanol–water partition coefficient (Wildman–Crippen LogP) is 4.27. The van der Waals surface area contributed by atoms with Crippen molar-refractivity contribution < 1.29 is 9.18 Å². The van der Waals surface area contributed by atoms with Crippen molar-refractivity contribution in [3.63, 3.8) is 0 Å². The van der Waals surface area contributed by atoms with Crippen LogP contribution in [0.4, 0.5) is 4.39 Å². The summed E-state index contributed by atoms with van der Waals surface area (Å²) in [6.45, 7) is 4.04. The minimum Gasteiger partial charge on any atom is -0.346 e. The highest BCUT2D eigenvalue weighted by atomic mass is 79.9. The van der Waals surface area contributed by atoms with Crippen molar-refractivity contribution in [1.29, 1.82) is 0 Å². The third kappa shape index (κ3) is 3.54. The number of amides is 1. The fourth-order valence-corrected chi connectivity index (χ4v) is 2.78. The number of nitrogens with one attached hydrogen (secondary N) is 1. The van der Waals surface area contributed by atoms with Gasteiger partial charge in [0.2, 0.25) is 0 Å². The summed E-state index contributed by atoms with van der Waals surface area (Å²) < 4.78 is 13.7. The van der Waals surface area contributed by atoms with Crippen LogP contribution in [0.3, 0.4) is 0 Å². The van der Waals surface area contributed by atoms with Crippen molar-refractivity contribution in [3.05, 3.63) is 34.1 Å². The number of hydrogen-bond acceptors (Lipinski definition) is 1. The number of rotatable bonds is 5. The zero-order valence-electron chi connectivity index (χ0n) is 10.4. The zero-order chi connectivity index (χ0) is 13.8. The van der Waals surface area contributed by atoms with Gasteiger partial charge in [-0.25, -0.2) is 4.39 Å². The molecule has 1 amide bonds. The lowest BCUT2D eigenvalue weighted by atomic mass is 9.95. The summed E-state index contributed by atoms with van der Waals surface area (Å²) in [5, 5.41) is 3.65. The molecule has 18 heavy (non-hydrogen) atoms. The highest BCUT2D eigenvalue weighted by Gasteiger charge is 2.27. The van der Waals surface area contributed by atoms with Crippen molar-refractivity contribution in [2.45, 2.75) is 32.2 Å². The molecule has 0 atom stereocenters. The second-order valence-corrected chi connectivity index (χ2v) is 5.62. The lowest BCUT2D eigenvalue weighted by Gasteiger charge is -2.30. The van der Waals surface area contributed by atoms with Crippen LogP contribution in [0.15, 0.2) is 22.7 Å². The Morgan fingerprint density at radius 3 is 2.44 bits per heavy atom. The average molecular weight is 381 g/mol. The monoisotopic (exact) mass is 379 g/mol. The van der Waals surface area contributed by atoms with E-state index < -0.39 is 5.82 Å². The van der Waals surface area contributed by atoms with Gasteiger partial charge in [-0.1, -0.05) is 29.8 Å². The molecule has 1 rings (SSSR count). The third-order valence-electron chi connectivity index (χ3n) is 3.17. The molecule has 0 aliphatic rings. The van der Waals surface area contributed by atoms with E-state index in [-0.39, 0.29) is 11.4 Å². The predicted molar refractivity (Wildman–Crippen MR) is 78.7 cm³/mol. The van der Waals surface area contributed by atoms with E-state index in [1.807, 2.05) is 13.8 Å². The normalized spacial score (nSPS) is 11.4. The van der Waals surface area contributed by atoms with Gasteiger partial charge in [0.1, 0.15) is 5.82 Å². The van der Waals surface area contributed by atoms with E-state index >= 15 is 0 Å². The summed E-state index contributed by atoms with van der Waals surface area (Å²) in [5.74, 6) is -0.676. The molecule has 0 aromatic heterocycles. The van der Waals surface area contributed by atoms with Crippen LogP contribution < -0.4 is 5.32 Å². The van der Waals surface area contributed by atoms with Gasteiger partial charge in [-0.2, -0.15) is 0 Å². The van der Waals surface area contributed by atoms with Crippen LogP contribution in [0.1, 0.15) is 37.0 Å². The second kappa shape index (κ2) is 6.66. The minimum absolute atomic E-state index is 0.246. The number of benzene rings is 1. The van der Waals surface area contributed by atoms with Crippen LogP contribution in [-0.2, 0) is 0 Å². The number of halogens is 3. The van der Waals surface area contributed by atoms with Gasteiger partial charge in [-0.05, 0) is 47.0 Å². The van der Waals surface area contributed by atoms with E-state index in [0.717, 1.165) is 12.8 Å². The molecular weight excluding hydrogens is 365 g/mol. The quantitative estimate of drug-likeness (QED) is 0.759. The molecule has 0 saturated carbocycles. The molecule has 0 heterocycles. The minimum atomic E-state index is -0.430. The van der Waals surface area contributed by atoms with Gasteiger partial charge in [-0.15, -0.1) is 0 Å². The largest absolute Gasteiger partial charge is 0.346 e. The molecule has 0 bridgehead atoms. The maximum Gasteiger partial charge on any atom is 0.251 e. The Kier molecular flexibility index (Phi) is 5.79. The fourth-order valence-electron chi connectivity index (χ4n) is 1.60. The Morgan fingerprint density at radius 2 is 2.00 bits per heavy atom. The van der Waals surface area contributed by atoms with Gasteiger partial charge < -0.3 is 5.32 Å². The van der Waals surface area contributed by atoms with Crippen molar-refractivity contribution >= 4 is 37.8 Å². The Labute approximate surface area is 124 Å². The van der Waals surface area contributed by atoms with Crippen LogP contribution in [0.2, 0.25) is 0 Å². The summed E-state index contributed by atoms with van der Waals surface area (Å²) >= 11 is 6.49. The number of carbonyl (C=O) groups is 1. The summed E-state index contributed by atoms with van der Waals surface area (Å²) in [7, 11) is 0. The van der Waals surface area contributed by atoms with Crippen LogP contribution in [0.5, 0.6) is 0 Å². The van der Waals surface area contributed by atoms with E-state index in [0.29, 0.717) is 15.4 Å². The summed E-state index contributed by atoms with van der Waals surface area (Å²) in [6.07, 6.45) is 1.64. The van der Waals surface area contributed by atoms with E-state index in [1.54, 1.807) is 6.07 Å². The zero-order valence-corrected chi connectivity index (χ0v) is 13.6. The third-order valence-corrected chi connectivity index (χ3v) is 4.89. The fraction of sp³-hybridized carbons (Fsp3) is 0.462. The summed E-state index contributed by atoms with van der Waals surface area (Å²) in [6, 6.07) is 4.38. The van der Waals surface area contributed by atoms with Crippen molar-refractivity contribution in [2.24, 2.45) is 0 Å². The van der Waals surface area contributed by atoms with E-state index in [1.165, 1.54) is 12.1 Å². The van der Waals surface area contributed by atoms with Crippen LogP contribution >= 0.6 is 31.9 Å². The maximum atomic E-state index is 13.4. The molecule has 0 fully saturated rings. The molecule has 0 saturated heterocycles. The number of hydrogen-bond donors (Lipinski definition) is 1. The SMILES string of the molecule is CCC(CC)(CBr)NC(=O)c1ccc(Br)c(F)c1. The first-order valence-corrected chi connectivity index (χ1v) is 7.73. The van der Waals surface area contributed by atoms with E-state index in [9.17, 15) is 9.18 Å². The topological polar surface area (TPSA) is 29.1 Å². The molecule has 1 aromatic carbocycles. The van der Waals surface area contributed by atoms with Crippen molar-refractivity contribution in [1.82, 2.24) is 5.32 Å². The lowest BCUT2D eigenvalue weighted by molar-refractivity contribution is 0.0903. The van der Waals surface area contributed by atoms with Gasteiger partial charge >= 0.3 is 0 Å². The smallest absolute Gasteiger partial charge is 0.251 e. The Bertz CT molecular complexity index is 425. The second-order valence-electron chi connectivity index (χ2n) is 4.20. The Morgan fingerprint density at radius 1 is 1.39 bits per heavy atom. The van der Waals surface area contributed by atoms with Crippen molar-refractivity contribution in [2.75, 3.05) is 5.33 Å². The van der Waals surface area contributed by atoms with Crippen LogP contribution in [0, 0.1) is 5.82 Å². The molecule has 1 aromatic rings. The van der Waals surface area contributed by atoms with Crippen molar-refractivity contribution in [3.8, 4) is 0 Å². The molecule has 0 aliphatic heterocycles. The van der Waals surface area contributed by atoms with Gasteiger partial charge in [-0.3, -0.25) is 4.79 Å². The van der Waals surface area contributed by atoms with Crippen LogP contribution in [-0.4, -0.2) is 16.8 Å². The first kappa shape index (κ1) is 15.6. The first-order valence-electron chi connectivity index (χ1n) is 5.81. The summed E-state index contributed by atoms with van der Waals surface area (Å²) in [4.78, 5) is 12.1. The molecule has 0 aliphatic carbocycles. The number of carbonyl (C=O) groups excluding carboxylic acids is 1. The highest BCUT2D eigenvalue weighted by molar-refractivity contribution is 9.10. The highest BCUT2D eigenvalue weighted by Crippen LogP contribution is 2.20. The van der Waals surface area contributed by atoms with Gasteiger partial charge in [0.05, 0.1) is 4.47 Å². The van der Waals surface area contributed by atoms with Gasteiger partial charge in [0.25, 0.3) is 5.91 Å². The lowest BCUT2D eigenvalue weighted by Crippen LogP contribution is -2.49. The average Bonchev–Trinajstić information content (AvgIpc) is 2.39. The molecule has 100 valence electrons. The Hall–Kier alpha value is -0.420. The molecule has 2 nitrogen and oxygen atoms in total. The Balaban J connectivity index is 2.90. The van der Waals surface area contributed by atoms with Gasteiger partial charge in [0, 0.05) is 16.4 Å².